The van der Waals surface area contributed by atoms with Crippen molar-refractivity contribution in [3.05, 3.63) is 29.8 Å². The molecule has 0 amide bonds. The predicted molar refractivity (Wildman–Crippen MR) is 101 cm³/mol. The Morgan fingerprint density at radius 1 is 1.21 bits per heavy atom. The Morgan fingerprint density at radius 2 is 1.96 bits per heavy atom. The Hall–Kier alpha value is -0.750. The van der Waals surface area contributed by atoms with Gasteiger partial charge in [0.1, 0.15) is 12.4 Å². The molecule has 1 atom stereocenters. The van der Waals surface area contributed by atoms with E-state index in [1.54, 1.807) is 0 Å². The van der Waals surface area contributed by atoms with Gasteiger partial charge in [0.25, 0.3) is 0 Å². The van der Waals surface area contributed by atoms with Gasteiger partial charge in [0.15, 0.2) is 6.29 Å². The van der Waals surface area contributed by atoms with Gasteiger partial charge in [-0.3, -0.25) is 4.90 Å². The second-order valence-electron chi connectivity index (χ2n) is 5.98. The number of hydrogen-bond acceptors (Lipinski definition) is 5. The van der Waals surface area contributed by atoms with Crippen molar-refractivity contribution >= 4 is 11.8 Å². The summed E-state index contributed by atoms with van der Waals surface area (Å²) in [6, 6.07) is 9.01. The van der Waals surface area contributed by atoms with E-state index in [9.17, 15) is 0 Å². The van der Waals surface area contributed by atoms with E-state index in [4.69, 9.17) is 14.2 Å². The van der Waals surface area contributed by atoms with Gasteiger partial charge < -0.3 is 14.2 Å². The van der Waals surface area contributed by atoms with Gasteiger partial charge in [-0.25, -0.2) is 0 Å². The Morgan fingerprint density at radius 3 is 2.67 bits per heavy atom. The topological polar surface area (TPSA) is 30.9 Å². The van der Waals surface area contributed by atoms with Crippen molar-refractivity contribution in [2.45, 2.75) is 45.6 Å². The van der Waals surface area contributed by atoms with E-state index in [-0.39, 0.29) is 6.29 Å². The third-order valence-corrected chi connectivity index (χ3v) is 5.00. The van der Waals surface area contributed by atoms with E-state index in [2.05, 4.69) is 23.3 Å². The molecule has 0 aromatic heterocycles. The molecule has 1 fully saturated rings. The number of likely N-dealkylation sites (tertiary alicyclic amines) is 1. The summed E-state index contributed by atoms with van der Waals surface area (Å²) in [6.45, 7) is 7.75. The highest BCUT2D eigenvalue weighted by molar-refractivity contribution is 7.98. The molecule has 4 nitrogen and oxygen atoms in total. The number of para-hydroxylation sites is 1. The van der Waals surface area contributed by atoms with Gasteiger partial charge in [-0.2, -0.15) is 11.8 Å². The van der Waals surface area contributed by atoms with Gasteiger partial charge in [-0.1, -0.05) is 18.2 Å². The summed E-state index contributed by atoms with van der Waals surface area (Å²) in [4.78, 5) is 2.58. The van der Waals surface area contributed by atoms with E-state index in [1.165, 1.54) is 30.7 Å². The maximum Gasteiger partial charge on any atom is 0.191 e. The minimum Gasteiger partial charge on any atom is -0.488 e. The first kappa shape index (κ1) is 19.6. The molecule has 0 N–H and O–H groups in total. The second kappa shape index (κ2) is 11.0. The largest absolute Gasteiger partial charge is 0.488 e. The van der Waals surface area contributed by atoms with Crippen LogP contribution in [0, 0.1) is 0 Å². The summed E-state index contributed by atoms with van der Waals surface area (Å²) < 4.78 is 17.2. The minimum absolute atomic E-state index is 0.302. The number of rotatable bonds is 11. The van der Waals surface area contributed by atoms with Crippen LogP contribution in [0.3, 0.4) is 0 Å². The summed E-state index contributed by atoms with van der Waals surface area (Å²) >= 11 is 1.94. The first-order valence-corrected chi connectivity index (χ1v) is 10.3. The molecule has 5 heteroatoms. The summed E-state index contributed by atoms with van der Waals surface area (Å²) in [6.07, 6.45) is 4.49. The van der Waals surface area contributed by atoms with Crippen LogP contribution in [0.4, 0.5) is 0 Å². The molecule has 1 aromatic carbocycles. The van der Waals surface area contributed by atoms with Gasteiger partial charge in [0.05, 0.1) is 0 Å². The first-order chi connectivity index (χ1) is 11.8. The van der Waals surface area contributed by atoms with Crippen LogP contribution in [0.15, 0.2) is 24.3 Å². The molecule has 2 rings (SSSR count). The monoisotopic (exact) mass is 353 g/mol. The highest BCUT2D eigenvalue weighted by atomic mass is 32.2. The molecule has 0 saturated carbocycles. The second-order valence-corrected chi connectivity index (χ2v) is 6.89. The maximum atomic E-state index is 6.03. The number of thioether (sulfide) groups is 1. The molecule has 24 heavy (non-hydrogen) atoms. The number of ether oxygens (including phenoxy) is 3. The maximum absolute atomic E-state index is 6.03. The molecule has 1 aliphatic rings. The van der Waals surface area contributed by atoms with E-state index in [0.717, 1.165) is 12.3 Å². The van der Waals surface area contributed by atoms with Crippen molar-refractivity contribution in [1.82, 2.24) is 4.90 Å². The van der Waals surface area contributed by atoms with E-state index >= 15 is 0 Å². The molecular weight excluding hydrogens is 322 g/mol. The SMILES string of the molecule is CCOC(COc1ccccc1CN1CCCC1CSC)OCC. The van der Waals surface area contributed by atoms with E-state index in [0.29, 0.717) is 25.9 Å². The van der Waals surface area contributed by atoms with Gasteiger partial charge in [0.2, 0.25) is 0 Å². The van der Waals surface area contributed by atoms with Gasteiger partial charge in [0, 0.05) is 37.1 Å². The van der Waals surface area contributed by atoms with Gasteiger partial charge in [-0.15, -0.1) is 0 Å². The average molecular weight is 354 g/mol. The Bertz CT molecular complexity index is 466. The normalized spacial score (nSPS) is 18.4. The lowest BCUT2D eigenvalue weighted by atomic mass is 10.1. The molecule has 1 aliphatic heterocycles. The smallest absolute Gasteiger partial charge is 0.191 e. The van der Waals surface area contributed by atoms with Crippen molar-refractivity contribution in [2.24, 2.45) is 0 Å². The van der Waals surface area contributed by atoms with Crippen LogP contribution in [0.1, 0.15) is 32.3 Å². The average Bonchev–Trinajstić information content (AvgIpc) is 3.02. The molecule has 0 spiro atoms. The van der Waals surface area contributed by atoms with Crippen molar-refractivity contribution in [2.75, 3.05) is 38.4 Å². The third kappa shape index (κ3) is 5.96. The van der Waals surface area contributed by atoms with Gasteiger partial charge >= 0.3 is 0 Å². The van der Waals surface area contributed by atoms with E-state index in [1.807, 2.05) is 37.7 Å². The minimum atomic E-state index is -0.302. The quantitative estimate of drug-likeness (QED) is 0.565. The number of hydrogen-bond donors (Lipinski definition) is 0. The number of nitrogens with zero attached hydrogens (tertiary/aromatic N) is 1. The molecule has 1 unspecified atom stereocenters. The highest BCUT2D eigenvalue weighted by Gasteiger charge is 2.24. The lowest BCUT2D eigenvalue weighted by Crippen LogP contribution is -2.31. The fraction of sp³-hybridized carbons (Fsp3) is 0.684. The summed E-state index contributed by atoms with van der Waals surface area (Å²) in [5.41, 5.74) is 1.25. The molecule has 0 radical (unpaired) electrons. The van der Waals surface area contributed by atoms with Gasteiger partial charge in [-0.05, 0) is 45.6 Å². The Balaban J connectivity index is 1.96. The predicted octanol–water partition coefficient (Wildman–Crippen LogP) is 3.79. The number of benzene rings is 1. The lowest BCUT2D eigenvalue weighted by molar-refractivity contribution is -0.152. The van der Waals surface area contributed by atoms with Crippen molar-refractivity contribution < 1.29 is 14.2 Å². The van der Waals surface area contributed by atoms with Crippen LogP contribution in [-0.4, -0.2) is 55.6 Å². The van der Waals surface area contributed by atoms with Crippen LogP contribution in [0.25, 0.3) is 0 Å². The molecule has 1 aromatic rings. The van der Waals surface area contributed by atoms with Crippen molar-refractivity contribution in [3.8, 4) is 5.75 Å². The van der Waals surface area contributed by atoms with Crippen LogP contribution in [0.2, 0.25) is 0 Å². The fourth-order valence-corrected chi connectivity index (χ4v) is 3.91. The summed E-state index contributed by atoms with van der Waals surface area (Å²) in [5.74, 6) is 2.15. The van der Waals surface area contributed by atoms with Crippen LogP contribution < -0.4 is 4.74 Å². The van der Waals surface area contributed by atoms with Crippen LogP contribution in [0.5, 0.6) is 5.75 Å². The zero-order valence-corrected chi connectivity index (χ0v) is 16.0. The van der Waals surface area contributed by atoms with E-state index < -0.39 is 0 Å². The van der Waals surface area contributed by atoms with Crippen LogP contribution >= 0.6 is 11.8 Å². The van der Waals surface area contributed by atoms with Crippen molar-refractivity contribution in [3.63, 3.8) is 0 Å². The third-order valence-electron chi connectivity index (χ3n) is 4.28. The van der Waals surface area contributed by atoms with Crippen LogP contribution in [-0.2, 0) is 16.0 Å². The molecule has 0 bridgehead atoms. The fourth-order valence-electron chi connectivity index (χ4n) is 3.15. The Kier molecular flexibility index (Phi) is 8.95. The zero-order valence-electron chi connectivity index (χ0n) is 15.2. The zero-order chi connectivity index (χ0) is 17.2. The summed E-state index contributed by atoms with van der Waals surface area (Å²) in [7, 11) is 0. The molecule has 1 saturated heterocycles. The molecule has 0 aliphatic carbocycles. The Labute approximate surface area is 150 Å². The summed E-state index contributed by atoms with van der Waals surface area (Å²) in [5, 5.41) is 0. The highest BCUT2D eigenvalue weighted by Crippen LogP contribution is 2.26. The first-order valence-electron chi connectivity index (χ1n) is 8.95. The van der Waals surface area contributed by atoms with Crippen molar-refractivity contribution in [1.29, 1.82) is 0 Å². The molecular formula is C19H31NO3S. The lowest BCUT2D eigenvalue weighted by Gasteiger charge is -2.25. The molecule has 1 heterocycles. The standard InChI is InChI=1S/C19H31NO3S/c1-4-21-19(22-5-2)14-23-18-11-7-6-9-16(18)13-20-12-8-10-17(20)15-24-3/h6-7,9,11,17,19H,4-5,8,10,12-15H2,1-3H3. The molecule has 136 valence electrons.